The molecule has 4 aliphatic heterocycles. The normalized spacial score (nSPS) is 26.4. The number of carbonyl (C=O) groups is 3. The number of para-hydroxylation sites is 1. The Morgan fingerprint density at radius 3 is 2.49 bits per heavy atom. The summed E-state index contributed by atoms with van der Waals surface area (Å²) in [4.78, 5) is 44.6. The maximum absolute atomic E-state index is 14.4. The van der Waals surface area contributed by atoms with Crippen LogP contribution in [0.2, 0.25) is 0 Å². The molecule has 2 aromatic carbocycles. The van der Waals surface area contributed by atoms with Crippen molar-refractivity contribution in [3.05, 3.63) is 65.2 Å². The van der Waals surface area contributed by atoms with Gasteiger partial charge in [0, 0.05) is 43.9 Å². The molecule has 0 aliphatic carbocycles. The number of hydrogen-bond donors (Lipinski definition) is 1. The predicted octanol–water partition coefficient (Wildman–Crippen LogP) is 2.98. The molecule has 0 radical (unpaired) electrons. The number of piperidine rings is 1. The van der Waals surface area contributed by atoms with E-state index in [9.17, 15) is 27.9 Å². The first-order valence-electron chi connectivity index (χ1n) is 14.2. The van der Waals surface area contributed by atoms with Gasteiger partial charge in [-0.25, -0.2) is 8.42 Å². The number of fused-ring (bicyclic) bond motifs is 2. The highest BCUT2D eigenvalue weighted by atomic mass is 32.2. The number of Topliss-reactive ketones (excluding diaryl/α,β-unsaturated/α-hetero) is 1. The first-order chi connectivity index (χ1) is 19.7. The number of amides is 2. The summed E-state index contributed by atoms with van der Waals surface area (Å²) in [7, 11) is -3.85. The Labute approximate surface area is 239 Å². The molecule has 1 N–H and O–H groups in total. The van der Waals surface area contributed by atoms with E-state index in [4.69, 9.17) is 4.74 Å². The largest absolute Gasteiger partial charge is 0.507 e. The molecule has 6 rings (SSSR count). The second-order valence-electron chi connectivity index (χ2n) is 10.9. The van der Waals surface area contributed by atoms with Crippen molar-refractivity contribution in [2.45, 2.75) is 55.6 Å². The van der Waals surface area contributed by atoms with Gasteiger partial charge in [0.1, 0.15) is 5.76 Å². The zero-order chi connectivity index (χ0) is 28.9. The molecule has 216 valence electrons. The second-order valence-corrected chi connectivity index (χ2v) is 12.8. The van der Waals surface area contributed by atoms with Gasteiger partial charge in [-0.1, -0.05) is 36.8 Å². The van der Waals surface area contributed by atoms with Crippen molar-refractivity contribution in [1.82, 2.24) is 9.21 Å². The van der Waals surface area contributed by atoms with Crippen molar-refractivity contribution in [2.24, 2.45) is 0 Å². The lowest BCUT2D eigenvalue weighted by atomic mass is 9.81. The summed E-state index contributed by atoms with van der Waals surface area (Å²) in [5.74, 6) is -3.00. The number of ether oxygens (including phenoxy) is 1. The number of ketones is 1. The van der Waals surface area contributed by atoms with Gasteiger partial charge in [0.15, 0.2) is 5.54 Å². The summed E-state index contributed by atoms with van der Waals surface area (Å²) in [5, 5.41) is 11.8. The quantitative estimate of drug-likeness (QED) is 0.317. The van der Waals surface area contributed by atoms with Crippen molar-refractivity contribution in [2.75, 3.05) is 37.7 Å². The smallest absolute Gasteiger partial charge is 0.296 e. The number of aliphatic hydroxyl groups is 1. The third-order valence-corrected chi connectivity index (χ3v) is 10.5. The average Bonchev–Trinajstić information content (AvgIpc) is 3.66. The van der Waals surface area contributed by atoms with E-state index in [1.807, 2.05) is 0 Å². The number of sulfonamides is 1. The number of likely N-dealkylation sites (tertiary alicyclic amines) is 1. The highest BCUT2D eigenvalue weighted by Crippen LogP contribution is 2.53. The van der Waals surface area contributed by atoms with Crippen molar-refractivity contribution in [1.29, 1.82) is 0 Å². The molecule has 1 spiro atoms. The Morgan fingerprint density at radius 1 is 1.02 bits per heavy atom. The molecule has 10 nitrogen and oxygen atoms in total. The third kappa shape index (κ3) is 4.12. The van der Waals surface area contributed by atoms with E-state index in [0.717, 1.165) is 25.7 Å². The van der Waals surface area contributed by atoms with Crippen molar-refractivity contribution < 1.29 is 32.6 Å². The summed E-state index contributed by atoms with van der Waals surface area (Å²) in [6.07, 6.45) is 3.60. The molecule has 4 heterocycles. The number of hydrogen-bond acceptors (Lipinski definition) is 7. The zero-order valence-corrected chi connectivity index (χ0v) is 23.7. The standard InChI is InChI=1S/C30H33N3O7S/c1-2-32-24-14-5-4-13-23(24)30(29(32)37)25(27(35)28(36)33(30)19-21-11-9-17-40-21)26(34)20-10-8-12-22(18-20)41(38,39)31-15-6-3-7-16-31/h4-5,8,10,12-14,18,21,34H,2-3,6-7,9,11,15-17,19H2,1H3/b26-25+. The van der Waals surface area contributed by atoms with Gasteiger partial charge in [-0.05, 0) is 50.8 Å². The van der Waals surface area contributed by atoms with Crippen LogP contribution in [0.5, 0.6) is 0 Å². The number of aliphatic hydroxyl groups excluding tert-OH is 1. The monoisotopic (exact) mass is 579 g/mol. The molecule has 41 heavy (non-hydrogen) atoms. The van der Waals surface area contributed by atoms with Gasteiger partial charge in [0.25, 0.3) is 17.6 Å². The highest BCUT2D eigenvalue weighted by Gasteiger charge is 2.67. The summed E-state index contributed by atoms with van der Waals surface area (Å²) in [6.45, 7) is 3.42. The van der Waals surface area contributed by atoms with Gasteiger partial charge in [-0.3, -0.25) is 14.4 Å². The molecular formula is C30H33N3O7S. The number of anilines is 1. The van der Waals surface area contributed by atoms with Crippen LogP contribution in [-0.4, -0.2) is 79.2 Å². The van der Waals surface area contributed by atoms with Crippen molar-refractivity contribution >= 4 is 39.1 Å². The maximum Gasteiger partial charge on any atom is 0.296 e. The van der Waals surface area contributed by atoms with Gasteiger partial charge >= 0.3 is 0 Å². The van der Waals surface area contributed by atoms with Crippen LogP contribution in [0, 0.1) is 0 Å². The van der Waals surface area contributed by atoms with Crippen LogP contribution >= 0.6 is 0 Å². The Hall–Kier alpha value is -3.54. The Balaban J connectivity index is 1.54. The fourth-order valence-corrected chi connectivity index (χ4v) is 8.19. The van der Waals surface area contributed by atoms with Gasteiger partial charge in [-0.15, -0.1) is 0 Å². The van der Waals surface area contributed by atoms with E-state index in [2.05, 4.69) is 0 Å². The average molecular weight is 580 g/mol. The molecule has 2 amide bonds. The minimum atomic E-state index is -3.85. The van der Waals surface area contributed by atoms with Crippen LogP contribution in [0.3, 0.4) is 0 Å². The molecule has 2 atom stereocenters. The fraction of sp³-hybridized carbons (Fsp3) is 0.433. The summed E-state index contributed by atoms with van der Waals surface area (Å²) < 4.78 is 34.0. The van der Waals surface area contributed by atoms with E-state index < -0.39 is 38.9 Å². The van der Waals surface area contributed by atoms with Crippen LogP contribution in [0.1, 0.15) is 50.2 Å². The van der Waals surface area contributed by atoms with Crippen LogP contribution in [0.15, 0.2) is 59.0 Å². The molecule has 4 aliphatic rings. The molecule has 3 saturated heterocycles. The predicted molar refractivity (Wildman–Crippen MR) is 150 cm³/mol. The van der Waals surface area contributed by atoms with E-state index in [1.54, 1.807) is 31.2 Å². The number of benzene rings is 2. The number of nitrogens with zero attached hydrogens (tertiary/aromatic N) is 3. The minimum absolute atomic E-state index is 0.00234. The van der Waals surface area contributed by atoms with Gasteiger partial charge in [0.2, 0.25) is 10.0 Å². The molecule has 0 aromatic heterocycles. The molecule has 3 fully saturated rings. The molecule has 0 saturated carbocycles. The SMILES string of the molecule is CCN1C(=O)C2(/C(=C(/O)c3cccc(S(=O)(=O)N4CCCCC4)c3)C(=O)C(=O)N2CC2CCCO2)c2ccccc21. The topological polar surface area (TPSA) is 125 Å². The Bertz CT molecular complexity index is 1560. The summed E-state index contributed by atoms with van der Waals surface area (Å²) in [6, 6.07) is 12.7. The zero-order valence-electron chi connectivity index (χ0n) is 22.9. The lowest BCUT2D eigenvalue weighted by molar-refractivity contribution is -0.145. The molecule has 0 bridgehead atoms. The van der Waals surface area contributed by atoms with Crippen LogP contribution < -0.4 is 4.90 Å². The number of carbonyl (C=O) groups excluding carboxylic acids is 3. The Kier molecular flexibility index (Phi) is 6.99. The number of rotatable bonds is 6. The van der Waals surface area contributed by atoms with Crippen LogP contribution in [0.4, 0.5) is 5.69 Å². The lowest BCUT2D eigenvalue weighted by Gasteiger charge is -2.35. The van der Waals surface area contributed by atoms with E-state index >= 15 is 0 Å². The van der Waals surface area contributed by atoms with Crippen molar-refractivity contribution in [3.63, 3.8) is 0 Å². The summed E-state index contributed by atoms with van der Waals surface area (Å²) >= 11 is 0. The highest BCUT2D eigenvalue weighted by molar-refractivity contribution is 7.89. The van der Waals surface area contributed by atoms with E-state index in [1.165, 1.54) is 38.4 Å². The minimum Gasteiger partial charge on any atom is -0.507 e. The molecule has 11 heteroatoms. The molecule has 2 unspecified atom stereocenters. The van der Waals surface area contributed by atoms with E-state index in [0.29, 0.717) is 37.4 Å². The first-order valence-corrected chi connectivity index (χ1v) is 15.6. The van der Waals surface area contributed by atoms with Gasteiger partial charge in [-0.2, -0.15) is 4.31 Å². The van der Waals surface area contributed by atoms with Crippen LogP contribution in [0.25, 0.3) is 5.76 Å². The third-order valence-electron chi connectivity index (χ3n) is 8.60. The molecular weight excluding hydrogens is 546 g/mol. The molecule has 2 aromatic rings. The number of likely N-dealkylation sites (N-methyl/N-ethyl adjacent to an activating group) is 1. The van der Waals surface area contributed by atoms with Crippen LogP contribution in [-0.2, 0) is 34.7 Å². The summed E-state index contributed by atoms with van der Waals surface area (Å²) in [5.41, 5.74) is -1.26. The van der Waals surface area contributed by atoms with Gasteiger partial charge in [0.05, 0.1) is 22.3 Å². The van der Waals surface area contributed by atoms with Gasteiger partial charge < -0.3 is 19.6 Å². The van der Waals surface area contributed by atoms with E-state index in [-0.39, 0.29) is 35.2 Å². The fourth-order valence-electron chi connectivity index (χ4n) is 6.63. The Morgan fingerprint density at radius 2 is 1.78 bits per heavy atom. The van der Waals surface area contributed by atoms with Crippen molar-refractivity contribution in [3.8, 4) is 0 Å². The maximum atomic E-state index is 14.4. The lowest BCUT2D eigenvalue weighted by Crippen LogP contribution is -2.53. The second kappa shape index (κ2) is 10.4. The first kappa shape index (κ1) is 27.6.